The topological polar surface area (TPSA) is 42.2 Å². The minimum absolute atomic E-state index is 0.196. The van der Waals surface area contributed by atoms with Crippen molar-refractivity contribution in [2.75, 3.05) is 0 Å². The Morgan fingerprint density at radius 1 is 1.03 bits per heavy atom. The number of aromatic nitrogens is 1. The predicted molar refractivity (Wildman–Crippen MR) is 117 cm³/mol. The maximum Gasteiger partial charge on any atom is 0.348 e. The van der Waals surface area contributed by atoms with Crippen LogP contribution >= 0.6 is 11.3 Å². The quantitative estimate of drug-likeness (QED) is 0.357. The summed E-state index contributed by atoms with van der Waals surface area (Å²) in [7, 11) is 0. The van der Waals surface area contributed by atoms with Gasteiger partial charge in [-0.3, -0.25) is 0 Å². The van der Waals surface area contributed by atoms with E-state index in [2.05, 4.69) is 48.0 Å². The van der Waals surface area contributed by atoms with Crippen LogP contribution in [-0.2, 0) is 19.3 Å². The van der Waals surface area contributed by atoms with Crippen molar-refractivity contribution in [1.29, 1.82) is 0 Å². The molecule has 0 aliphatic heterocycles. The number of aromatic carboxylic acids is 1. The van der Waals surface area contributed by atoms with Crippen LogP contribution in [0.15, 0.2) is 48.7 Å². The second-order valence-electron chi connectivity index (χ2n) is 7.40. The monoisotopic (exact) mass is 413 g/mol. The molecular formula is C24H28FNO2S. The number of halogens is 1. The van der Waals surface area contributed by atoms with Gasteiger partial charge in [0.15, 0.2) is 0 Å². The Balaban J connectivity index is 1.56. The third-order valence-electron chi connectivity index (χ3n) is 5.15. The summed E-state index contributed by atoms with van der Waals surface area (Å²) in [5.41, 5.74) is 3.74. The van der Waals surface area contributed by atoms with Crippen LogP contribution in [0.5, 0.6) is 0 Å². The van der Waals surface area contributed by atoms with Gasteiger partial charge < -0.3 is 9.67 Å². The molecule has 2 heterocycles. The van der Waals surface area contributed by atoms with Gasteiger partial charge in [-0.1, -0.05) is 38.3 Å². The average molecular weight is 414 g/mol. The Hall–Kier alpha value is -2.40. The standard InChI is InChI=1S/C24H28FNO2S/c1-2-3-4-5-8-18-12-14-20(15-13-18)26-16-7-10-19(26)9-6-11-21-17-22(25)23(29-21)24(27)28/h7,10,12-17H,2-6,8-9,11H2,1H3,(H,27,28). The zero-order valence-corrected chi connectivity index (χ0v) is 17.7. The van der Waals surface area contributed by atoms with Crippen LogP contribution in [0, 0.1) is 5.82 Å². The summed E-state index contributed by atoms with van der Waals surface area (Å²) in [5.74, 6) is -1.82. The third-order valence-corrected chi connectivity index (χ3v) is 6.31. The first-order valence-electron chi connectivity index (χ1n) is 10.4. The van der Waals surface area contributed by atoms with E-state index in [0.717, 1.165) is 41.2 Å². The molecule has 1 N–H and O–H groups in total. The lowest BCUT2D eigenvalue weighted by Gasteiger charge is -2.10. The number of aryl methyl sites for hydroxylation is 3. The van der Waals surface area contributed by atoms with Gasteiger partial charge in [-0.25, -0.2) is 9.18 Å². The first-order valence-corrected chi connectivity index (χ1v) is 11.2. The second-order valence-corrected chi connectivity index (χ2v) is 8.53. The molecule has 0 saturated heterocycles. The molecule has 3 rings (SSSR count). The lowest BCUT2D eigenvalue weighted by atomic mass is 10.1. The number of hydrogen-bond donors (Lipinski definition) is 1. The van der Waals surface area contributed by atoms with E-state index in [-0.39, 0.29) is 4.88 Å². The van der Waals surface area contributed by atoms with Crippen LogP contribution in [0.4, 0.5) is 4.39 Å². The molecule has 3 nitrogen and oxygen atoms in total. The molecular weight excluding hydrogens is 385 g/mol. The van der Waals surface area contributed by atoms with Crippen LogP contribution in [0.25, 0.3) is 5.69 Å². The molecule has 0 saturated carbocycles. The molecule has 0 spiro atoms. The van der Waals surface area contributed by atoms with Gasteiger partial charge >= 0.3 is 5.97 Å². The lowest BCUT2D eigenvalue weighted by Crippen LogP contribution is -2.00. The zero-order chi connectivity index (χ0) is 20.6. The molecule has 2 aromatic heterocycles. The molecule has 0 unspecified atom stereocenters. The number of carboxylic acids is 1. The van der Waals surface area contributed by atoms with E-state index < -0.39 is 11.8 Å². The van der Waals surface area contributed by atoms with E-state index >= 15 is 0 Å². The molecule has 154 valence electrons. The highest BCUT2D eigenvalue weighted by molar-refractivity contribution is 7.13. The lowest BCUT2D eigenvalue weighted by molar-refractivity contribution is 0.0697. The molecule has 0 amide bonds. The number of carboxylic acid groups (broad SMARTS) is 1. The molecule has 0 radical (unpaired) electrons. The Kier molecular flexibility index (Phi) is 7.64. The summed E-state index contributed by atoms with van der Waals surface area (Å²) in [6.07, 6.45) is 10.7. The van der Waals surface area contributed by atoms with Crippen molar-refractivity contribution in [3.05, 3.63) is 75.5 Å². The normalized spacial score (nSPS) is 11.1. The summed E-state index contributed by atoms with van der Waals surface area (Å²) >= 11 is 1.03. The van der Waals surface area contributed by atoms with E-state index in [1.54, 1.807) is 0 Å². The van der Waals surface area contributed by atoms with E-state index in [1.165, 1.54) is 43.0 Å². The zero-order valence-electron chi connectivity index (χ0n) is 16.9. The first kappa shape index (κ1) is 21.3. The number of rotatable bonds is 11. The molecule has 0 atom stereocenters. The Morgan fingerprint density at radius 2 is 1.83 bits per heavy atom. The summed E-state index contributed by atoms with van der Waals surface area (Å²) in [6, 6.07) is 14.3. The van der Waals surface area contributed by atoms with Gasteiger partial charge in [0, 0.05) is 22.5 Å². The summed E-state index contributed by atoms with van der Waals surface area (Å²) in [5, 5.41) is 8.98. The molecule has 0 fully saturated rings. The van der Waals surface area contributed by atoms with Crippen molar-refractivity contribution in [1.82, 2.24) is 4.57 Å². The predicted octanol–water partition coefficient (Wildman–Crippen LogP) is 6.67. The number of thiophene rings is 1. The van der Waals surface area contributed by atoms with Crippen LogP contribution in [0.2, 0.25) is 0 Å². The van der Waals surface area contributed by atoms with Gasteiger partial charge in [0.25, 0.3) is 0 Å². The number of benzene rings is 1. The fourth-order valence-electron chi connectivity index (χ4n) is 3.58. The van der Waals surface area contributed by atoms with Gasteiger partial charge in [0.2, 0.25) is 0 Å². The highest BCUT2D eigenvalue weighted by Crippen LogP contribution is 2.23. The SMILES string of the molecule is CCCCCCc1ccc(-n2cccc2CCCc2cc(F)c(C(=O)O)s2)cc1. The van der Waals surface area contributed by atoms with Crippen molar-refractivity contribution < 1.29 is 14.3 Å². The summed E-state index contributed by atoms with van der Waals surface area (Å²) in [4.78, 5) is 11.6. The van der Waals surface area contributed by atoms with Crippen molar-refractivity contribution >= 4 is 17.3 Å². The van der Waals surface area contributed by atoms with E-state index in [1.807, 2.05) is 6.07 Å². The fourth-order valence-corrected chi connectivity index (χ4v) is 4.49. The highest BCUT2D eigenvalue weighted by atomic mass is 32.1. The largest absolute Gasteiger partial charge is 0.477 e. The second kappa shape index (κ2) is 10.4. The molecule has 0 aliphatic carbocycles. The van der Waals surface area contributed by atoms with Gasteiger partial charge in [-0.05, 0) is 68.0 Å². The molecule has 0 bridgehead atoms. The number of hydrogen-bond acceptors (Lipinski definition) is 2. The minimum Gasteiger partial charge on any atom is -0.477 e. The minimum atomic E-state index is -1.19. The number of unbranched alkanes of at least 4 members (excludes halogenated alkanes) is 3. The molecule has 1 aromatic carbocycles. The highest BCUT2D eigenvalue weighted by Gasteiger charge is 2.15. The Morgan fingerprint density at radius 3 is 2.52 bits per heavy atom. The average Bonchev–Trinajstić information content (AvgIpc) is 3.32. The fraction of sp³-hybridized carbons (Fsp3) is 0.375. The summed E-state index contributed by atoms with van der Waals surface area (Å²) < 4.78 is 15.8. The van der Waals surface area contributed by atoms with Crippen LogP contribution in [0.1, 0.15) is 64.8 Å². The third kappa shape index (κ3) is 5.80. The van der Waals surface area contributed by atoms with Crippen molar-refractivity contribution in [2.45, 2.75) is 58.3 Å². The van der Waals surface area contributed by atoms with E-state index in [9.17, 15) is 9.18 Å². The number of carbonyl (C=O) groups is 1. The molecule has 29 heavy (non-hydrogen) atoms. The van der Waals surface area contributed by atoms with Gasteiger partial charge in [0.1, 0.15) is 10.7 Å². The van der Waals surface area contributed by atoms with Crippen molar-refractivity contribution in [3.8, 4) is 5.69 Å². The molecule has 3 aromatic rings. The van der Waals surface area contributed by atoms with E-state index in [0.29, 0.717) is 6.42 Å². The van der Waals surface area contributed by atoms with Gasteiger partial charge in [0.05, 0.1) is 0 Å². The number of nitrogens with zero attached hydrogens (tertiary/aromatic N) is 1. The Bertz CT molecular complexity index is 927. The van der Waals surface area contributed by atoms with Crippen molar-refractivity contribution in [3.63, 3.8) is 0 Å². The summed E-state index contributed by atoms with van der Waals surface area (Å²) in [6.45, 7) is 2.23. The Labute approximate surface area is 175 Å². The first-order chi connectivity index (χ1) is 14.1. The van der Waals surface area contributed by atoms with Crippen LogP contribution in [0.3, 0.4) is 0 Å². The van der Waals surface area contributed by atoms with Gasteiger partial charge in [-0.2, -0.15) is 0 Å². The van der Waals surface area contributed by atoms with E-state index in [4.69, 9.17) is 5.11 Å². The smallest absolute Gasteiger partial charge is 0.348 e. The van der Waals surface area contributed by atoms with Crippen LogP contribution < -0.4 is 0 Å². The van der Waals surface area contributed by atoms with Crippen LogP contribution in [-0.4, -0.2) is 15.6 Å². The van der Waals surface area contributed by atoms with Crippen molar-refractivity contribution in [2.24, 2.45) is 0 Å². The molecule has 0 aliphatic rings. The maximum absolute atomic E-state index is 13.6. The molecule has 5 heteroatoms. The van der Waals surface area contributed by atoms with Gasteiger partial charge in [-0.15, -0.1) is 11.3 Å². The maximum atomic E-state index is 13.6.